The van der Waals surface area contributed by atoms with Gasteiger partial charge in [0.25, 0.3) is 5.91 Å². The van der Waals surface area contributed by atoms with Gasteiger partial charge in [-0.05, 0) is 31.5 Å². The van der Waals surface area contributed by atoms with Gasteiger partial charge >= 0.3 is 5.97 Å². The van der Waals surface area contributed by atoms with Crippen LogP contribution in [0, 0.1) is 0 Å². The maximum absolute atomic E-state index is 12.2. The molecule has 1 aliphatic heterocycles. The second kappa shape index (κ2) is 7.72. The van der Waals surface area contributed by atoms with Gasteiger partial charge in [-0.1, -0.05) is 23.2 Å². The molecule has 0 radical (unpaired) electrons. The molecule has 0 bridgehead atoms. The minimum atomic E-state index is -3.10. The standard InChI is InChI=1S/C15H17Cl2NO5S/c1-2-18(11-5-6-24(21,22)9-11)14(19)8-23-15(20)10-3-4-12(16)13(17)7-10/h3-4,7,11H,2,5-6,8-9H2,1H3/t11-/m0/s1. The van der Waals surface area contributed by atoms with Gasteiger partial charge in [-0.3, -0.25) is 4.79 Å². The van der Waals surface area contributed by atoms with Gasteiger partial charge in [0.2, 0.25) is 0 Å². The number of carbonyl (C=O) groups excluding carboxylic acids is 2. The number of halogens is 2. The number of carbonyl (C=O) groups is 2. The summed E-state index contributed by atoms with van der Waals surface area (Å²) >= 11 is 11.6. The lowest BCUT2D eigenvalue weighted by Crippen LogP contribution is -2.43. The Labute approximate surface area is 150 Å². The summed E-state index contributed by atoms with van der Waals surface area (Å²) < 4.78 is 28.1. The fourth-order valence-corrected chi connectivity index (χ4v) is 4.60. The van der Waals surface area contributed by atoms with Crippen molar-refractivity contribution in [1.82, 2.24) is 4.90 Å². The molecule has 132 valence electrons. The summed E-state index contributed by atoms with van der Waals surface area (Å²) in [6.07, 6.45) is 0.405. The molecule has 1 atom stereocenters. The van der Waals surface area contributed by atoms with Crippen LogP contribution in [0.3, 0.4) is 0 Å². The Balaban J connectivity index is 1.95. The smallest absolute Gasteiger partial charge is 0.338 e. The number of rotatable bonds is 5. The van der Waals surface area contributed by atoms with E-state index in [4.69, 9.17) is 27.9 Å². The van der Waals surface area contributed by atoms with E-state index in [0.29, 0.717) is 18.0 Å². The van der Waals surface area contributed by atoms with Crippen molar-refractivity contribution in [2.24, 2.45) is 0 Å². The molecule has 1 saturated heterocycles. The van der Waals surface area contributed by atoms with E-state index < -0.39 is 28.3 Å². The quantitative estimate of drug-likeness (QED) is 0.716. The predicted octanol–water partition coefficient (Wildman–Crippen LogP) is 2.19. The SMILES string of the molecule is CCN(C(=O)COC(=O)c1ccc(Cl)c(Cl)c1)[C@H]1CCS(=O)(=O)C1. The number of hydrogen-bond acceptors (Lipinski definition) is 5. The van der Waals surface area contributed by atoms with E-state index in [1.807, 2.05) is 0 Å². The Morgan fingerprint density at radius 1 is 1.29 bits per heavy atom. The zero-order valence-electron chi connectivity index (χ0n) is 13.0. The number of hydrogen-bond donors (Lipinski definition) is 0. The summed E-state index contributed by atoms with van der Waals surface area (Å²) in [5.74, 6) is -1.09. The van der Waals surface area contributed by atoms with Crippen molar-refractivity contribution >= 4 is 44.9 Å². The van der Waals surface area contributed by atoms with Crippen LogP contribution in [-0.2, 0) is 19.4 Å². The van der Waals surface area contributed by atoms with Gasteiger partial charge < -0.3 is 9.64 Å². The van der Waals surface area contributed by atoms with Crippen LogP contribution in [0.2, 0.25) is 10.0 Å². The monoisotopic (exact) mass is 393 g/mol. The minimum absolute atomic E-state index is 0.0483. The number of sulfone groups is 1. The molecule has 0 aliphatic carbocycles. The van der Waals surface area contributed by atoms with Gasteiger partial charge in [-0.15, -0.1) is 0 Å². The highest BCUT2D eigenvalue weighted by Gasteiger charge is 2.34. The van der Waals surface area contributed by atoms with Crippen molar-refractivity contribution < 1.29 is 22.7 Å². The van der Waals surface area contributed by atoms with Gasteiger partial charge in [0.05, 0.1) is 27.1 Å². The molecular formula is C15H17Cl2NO5S. The van der Waals surface area contributed by atoms with Crippen LogP contribution in [0.5, 0.6) is 0 Å². The maximum atomic E-state index is 12.2. The van der Waals surface area contributed by atoms with Crippen LogP contribution in [0.1, 0.15) is 23.7 Å². The van der Waals surface area contributed by atoms with Crippen LogP contribution in [0.15, 0.2) is 18.2 Å². The molecule has 0 saturated carbocycles. The molecule has 2 rings (SSSR count). The number of nitrogens with zero attached hydrogens (tertiary/aromatic N) is 1. The zero-order chi connectivity index (χ0) is 17.9. The molecule has 0 N–H and O–H groups in total. The Kier molecular flexibility index (Phi) is 6.11. The number of amides is 1. The molecular weight excluding hydrogens is 377 g/mol. The topological polar surface area (TPSA) is 80.8 Å². The molecule has 1 aromatic rings. The average molecular weight is 394 g/mol. The Bertz CT molecular complexity index is 750. The van der Waals surface area contributed by atoms with E-state index in [1.54, 1.807) is 6.92 Å². The highest BCUT2D eigenvalue weighted by molar-refractivity contribution is 7.91. The molecule has 1 aliphatic rings. The van der Waals surface area contributed by atoms with Gasteiger partial charge in [0.1, 0.15) is 0 Å². The van der Waals surface area contributed by atoms with Crippen LogP contribution in [0.4, 0.5) is 0 Å². The van der Waals surface area contributed by atoms with Gasteiger partial charge in [-0.25, -0.2) is 13.2 Å². The predicted molar refractivity (Wildman–Crippen MR) is 91.2 cm³/mol. The second-order valence-electron chi connectivity index (χ2n) is 5.44. The van der Waals surface area contributed by atoms with Crippen LogP contribution in [-0.4, -0.2) is 55.9 Å². The van der Waals surface area contributed by atoms with Crippen LogP contribution in [0.25, 0.3) is 0 Å². The fourth-order valence-electron chi connectivity index (χ4n) is 2.58. The molecule has 1 aromatic carbocycles. The Morgan fingerprint density at radius 3 is 2.54 bits per heavy atom. The number of benzene rings is 1. The minimum Gasteiger partial charge on any atom is -0.452 e. The number of likely N-dealkylation sites (N-methyl/N-ethyl adjacent to an activating group) is 1. The molecule has 6 nitrogen and oxygen atoms in total. The Hall–Kier alpha value is -1.31. The highest BCUT2D eigenvalue weighted by atomic mass is 35.5. The van der Waals surface area contributed by atoms with Gasteiger partial charge in [-0.2, -0.15) is 0 Å². The van der Waals surface area contributed by atoms with E-state index in [-0.39, 0.29) is 28.1 Å². The maximum Gasteiger partial charge on any atom is 0.338 e. The summed E-state index contributed by atoms with van der Waals surface area (Å²) in [4.78, 5) is 25.6. The van der Waals surface area contributed by atoms with Crippen molar-refractivity contribution in [2.75, 3.05) is 24.7 Å². The summed E-state index contributed by atoms with van der Waals surface area (Å²) in [6, 6.07) is 3.90. The lowest BCUT2D eigenvalue weighted by molar-refractivity contribution is -0.136. The van der Waals surface area contributed by atoms with E-state index in [0.717, 1.165) is 0 Å². The molecule has 0 unspecified atom stereocenters. The first-order valence-electron chi connectivity index (χ1n) is 7.35. The normalized spacial score (nSPS) is 19.0. The first-order valence-corrected chi connectivity index (χ1v) is 9.93. The molecule has 24 heavy (non-hydrogen) atoms. The third-order valence-electron chi connectivity index (χ3n) is 3.79. The lowest BCUT2D eigenvalue weighted by atomic mass is 10.2. The zero-order valence-corrected chi connectivity index (χ0v) is 15.3. The van der Waals surface area contributed by atoms with Gasteiger partial charge in [0, 0.05) is 12.6 Å². The van der Waals surface area contributed by atoms with Crippen molar-refractivity contribution in [2.45, 2.75) is 19.4 Å². The lowest BCUT2D eigenvalue weighted by Gasteiger charge is -2.26. The van der Waals surface area contributed by atoms with Gasteiger partial charge in [0.15, 0.2) is 16.4 Å². The molecule has 0 aromatic heterocycles. The Morgan fingerprint density at radius 2 is 2.00 bits per heavy atom. The van der Waals surface area contributed by atoms with Crippen LogP contribution < -0.4 is 0 Å². The highest BCUT2D eigenvalue weighted by Crippen LogP contribution is 2.23. The van der Waals surface area contributed by atoms with Crippen molar-refractivity contribution in [3.63, 3.8) is 0 Å². The van der Waals surface area contributed by atoms with Crippen LogP contribution >= 0.6 is 23.2 Å². The van der Waals surface area contributed by atoms with Crippen molar-refractivity contribution in [3.05, 3.63) is 33.8 Å². The summed E-state index contributed by atoms with van der Waals surface area (Å²) in [5, 5.41) is 0.521. The molecule has 9 heteroatoms. The molecule has 1 fully saturated rings. The molecule has 0 spiro atoms. The fraction of sp³-hybridized carbons (Fsp3) is 0.467. The van der Waals surface area contributed by atoms with Crippen molar-refractivity contribution in [1.29, 1.82) is 0 Å². The third kappa shape index (κ3) is 4.62. The summed E-state index contributed by atoms with van der Waals surface area (Å²) in [6.45, 7) is 1.65. The first kappa shape index (κ1) is 19.0. The van der Waals surface area contributed by atoms with E-state index in [1.165, 1.54) is 23.1 Å². The molecule has 1 amide bonds. The van der Waals surface area contributed by atoms with E-state index in [9.17, 15) is 18.0 Å². The number of ether oxygens (including phenoxy) is 1. The molecule has 1 heterocycles. The third-order valence-corrected chi connectivity index (χ3v) is 6.28. The average Bonchev–Trinajstić information content (AvgIpc) is 2.88. The van der Waals surface area contributed by atoms with E-state index in [2.05, 4.69) is 0 Å². The first-order chi connectivity index (χ1) is 11.2. The second-order valence-corrected chi connectivity index (χ2v) is 8.48. The number of esters is 1. The largest absolute Gasteiger partial charge is 0.452 e. The summed E-state index contributed by atoms with van der Waals surface area (Å²) in [7, 11) is -3.10. The van der Waals surface area contributed by atoms with E-state index >= 15 is 0 Å². The summed E-state index contributed by atoms with van der Waals surface area (Å²) in [5.41, 5.74) is 0.184. The van der Waals surface area contributed by atoms with Crippen molar-refractivity contribution in [3.8, 4) is 0 Å².